The van der Waals surface area contributed by atoms with Crippen LogP contribution in [0.25, 0.3) is 22.1 Å². The number of carbonyl (C=O) groups excluding carboxylic acids is 3. The number of nitrogens with zero attached hydrogens (tertiary/aromatic N) is 7. The number of aromatic nitrogens is 4. The van der Waals surface area contributed by atoms with Crippen LogP contribution in [0.15, 0.2) is 48.5 Å². The number of likely N-dealkylation sites (N-methyl/N-ethyl adjacent to an activating group) is 1. The fraction of sp³-hybridized carbons (Fsp3) is 0.593. The Kier molecular flexibility index (Phi) is 14.2. The molecule has 2 aliphatic carbocycles. The fourth-order valence-corrected chi connectivity index (χ4v) is 15.3. The minimum Gasteiger partial charge on any atom is -0.465 e. The first-order valence-corrected chi connectivity index (χ1v) is 28.8. The molecular formula is C59H74F2N10O7. The zero-order valence-electron chi connectivity index (χ0n) is 45.3. The average Bonchev–Trinajstić information content (AvgIpc) is 4.47. The van der Waals surface area contributed by atoms with Gasteiger partial charge >= 0.3 is 12.2 Å². The third-order valence-electron chi connectivity index (χ3n) is 19.1. The Labute approximate surface area is 453 Å². The molecule has 4 N–H and O–H groups in total. The number of alkyl carbamates (subject to hydrolysis) is 1. The van der Waals surface area contributed by atoms with Crippen LogP contribution in [0.2, 0.25) is 0 Å². The fourth-order valence-electron chi connectivity index (χ4n) is 15.3. The maximum Gasteiger partial charge on any atom is 0.407 e. The van der Waals surface area contributed by atoms with Gasteiger partial charge in [-0.2, -0.15) is 0 Å². The average molecular weight is 1070 g/mol. The van der Waals surface area contributed by atoms with Crippen molar-refractivity contribution < 1.29 is 42.5 Å². The van der Waals surface area contributed by atoms with Gasteiger partial charge in [0.25, 0.3) is 0 Å². The highest BCUT2D eigenvalue weighted by atomic mass is 19.1. The Morgan fingerprint density at radius 1 is 0.718 bits per heavy atom. The quantitative estimate of drug-likeness (QED) is 0.0929. The van der Waals surface area contributed by atoms with E-state index in [1.54, 1.807) is 0 Å². The normalized spacial score (nSPS) is 27.2. The summed E-state index contributed by atoms with van der Waals surface area (Å²) in [5.74, 6) is 0.148. The number of ether oxygens (including phenoxy) is 2. The molecule has 0 unspecified atom stereocenters. The number of carboxylic acid groups (broad SMARTS) is 1. The zero-order chi connectivity index (χ0) is 54.1. The summed E-state index contributed by atoms with van der Waals surface area (Å²) in [6, 6.07) is 12.4. The molecule has 3 aromatic carbocycles. The van der Waals surface area contributed by atoms with Gasteiger partial charge in [-0.05, 0) is 155 Å². The number of likely N-dealkylation sites (tertiary alicyclic amines) is 2. The first kappa shape index (κ1) is 52.2. The monoisotopic (exact) mass is 1070 g/mol. The van der Waals surface area contributed by atoms with Crippen molar-refractivity contribution in [1.82, 2.24) is 40.0 Å². The molecule has 5 aromatic rings. The molecule has 78 heavy (non-hydrogen) atoms. The smallest absolute Gasteiger partial charge is 0.407 e. The van der Waals surface area contributed by atoms with Crippen LogP contribution in [0.1, 0.15) is 157 Å². The maximum absolute atomic E-state index is 16.6. The molecule has 2 saturated carbocycles. The minimum absolute atomic E-state index is 0.00457. The van der Waals surface area contributed by atoms with Gasteiger partial charge in [-0.15, -0.1) is 0 Å². The lowest BCUT2D eigenvalue weighted by Gasteiger charge is -2.39. The SMILES string of the molecule is COC(=O)N[C@H](C(=O)N1[C@H](c2nc3ccc([C@H]4CC[C@H](c5ccc6nc([C@@H]7C[C@@H]8CCC[C@@H]8N7C(=O)[C@H](C7CCOCC7)N(C)C(=O)O)[nH]c6c5)N4c4cc(F)c(N5CCCCC5)c(F)c4)cc3[nH]2)C[C@@H]2CCC[C@@H]21)C(C)C. The molecule has 0 spiro atoms. The molecule has 5 saturated heterocycles. The number of halogens is 2. The third kappa shape index (κ3) is 9.38. The van der Waals surface area contributed by atoms with Crippen molar-refractivity contribution in [1.29, 1.82) is 0 Å². The summed E-state index contributed by atoms with van der Waals surface area (Å²) in [7, 11) is 2.80. The number of H-pyrrole nitrogens is 2. The van der Waals surface area contributed by atoms with Gasteiger partial charge in [0.05, 0.1) is 53.3 Å². The van der Waals surface area contributed by atoms with E-state index in [2.05, 4.69) is 44.5 Å². The van der Waals surface area contributed by atoms with Gasteiger partial charge in [0.2, 0.25) is 11.8 Å². The van der Waals surface area contributed by atoms with Gasteiger partial charge in [-0.25, -0.2) is 28.3 Å². The highest BCUT2D eigenvalue weighted by molar-refractivity contribution is 5.88. The van der Waals surface area contributed by atoms with E-state index >= 15 is 8.78 Å². The van der Waals surface area contributed by atoms with Gasteiger partial charge in [0.1, 0.15) is 29.4 Å². The number of nitrogens with one attached hydrogen (secondary N) is 3. The molecule has 0 radical (unpaired) electrons. The van der Waals surface area contributed by atoms with Crippen LogP contribution < -0.4 is 15.1 Å². The molecule has 17 nitrogen and oxygen atoms in total. The summed E-state index contributed by atoms with van der Waals surface area (Å²) in [6.07, 6.45) is 10.9. The zero-order valence-corrected chi connectivity index (χ0v) is 45.3. The lowest BCUT2D eigenvalue weighted by atomic mass is 9.89. The molecule has 7 aliphatic rings. The van der Waals surface area contributed by atoms with E-state index in [1.165, 1.54) is 31.2 Å². The highest BCUT2D eigenvalue weighted by Gasteiger charge is 2.52. The molecule has 5 aliphatic heterocycles. The van der Waals surface area contributed by atoms with Gasteiger partial charge in [-0.1, -0.05) is 38.8 Å². The number of fused-ring (bicyclic) bond motifs is 4. The molecule has 416 valence electrons. The van der Waals surface area contributed by atoms with Crippen molar-refractivity contribution in [2.24, 2.45) is 23.7 Å². The van der Waals surface area contributed by atoms with E-state index < -0.39 is 35.9 Å². The summed E-state index contributed by atoms with van der Waals surface area (Å²) in [5, 5.41) is 13.0. The second-order valence-electron chi connectivity index (χ2n) is 23.8. The summed E-state index contributed by atoms with van der Waals surface area (Å²) < 4.78 is 43.8. The van der Waals surface area contributed by atoms with Gasteiger partial charge in [0, 0.05) is 51.1 Å². The van der Waals surface area contributed by atoms with E-state index in [9.17, 15) is 24.3 Å². The summed E-state index contributed by atoms with van der Waals surface area (Å²) in [5.41, 5.74) is 5.42. The number of hydrogen-bond donors (Lipinski definition) is 4. The number of piperidine rings is 1. The highest BCUT2D eigenvalue weighted by Crippen LogP contribution is 2.52. The third-order valence-corrected chi connectivity index (χ3v) is 19.1. The van der Waals surface area contributed by atoms with Crippen LogP contribution >= 0.6 is 0 Å². The summed E-state index contributed by atoms with van der Waals surface area (Å²) in [4.78, 5) is 81.1. The number of rotatable bonds is 12. The van der Waals surface area contributed by atoms with E-state index in [0.717, 1.165) is 104 Å². The summed E-state index contributed by atoms with van der Waals surface area (Å²) >= 11 is 0. The molecule has 7 heterocycles. The van der Waals surface area contributed by atoms with Crippen molar-refractivity contribution in [3.8, 4) is 0 Å². The van der Waals surface area contributed by atoms with E-state index in [0.29, 0.717) is 75.2 Å². The van der Waals surface area contributed by atoms with Crippen molar-refractivity contribution >= 4 is 57.4 Å². The Hall–Kier alpha value is -6.50. The van der Waals surface area contributed by atoms with Crippen LogP contribution in [0.3, 0.4) is 0 Å². The van der Waals surface area contributed by atoms with Crippen molar-refractivity contribution in [2.45, 2.75) is 158 Å². The van der Waals surface area contributed by atoms with Crippen molar-refractivity contribution in [2.75, 3.05) is 50.3 Å². The van der Waals surface area contributed by atoms with Gasteiger partial charge in [0.15, 0.2) is 11.6 Å². The van der Waals surface area contributed by atoms with Crippen molar-refractivity contribution in [3.05, 3.63) is 82.9 Å². The Morgan fingerprint density at radius 3 is 1.77 bits per heavy atom. The number of amides is 4. The first-order chi connectivity index (χ1) is 37.8. The second kappa shape index (κ2) is 21.3. The number of benzene rings is 3. The number of methoxy groups -OCH3 is 1. The van der Waals surface area contributed by atoms with E-state index in [-0.39, 0.29) is 71.5 Å². The topological polar surface area (TPSA) is 193 Å². The molecule has 7 fully saturated rings. The molecule has 10 atom stereocenters. The molecule has 2 aromatic heterocycles. The van der Waals surface area contributed by atoms with E-state index in [1.807, 2.05) is 40.7 Å². The lowest BCUT2D eigenvalue weighted by Crippen LogP contribution is -2.55. The maximum atomic E-state index is 16.6. The van der Waals surface area contributed by atoms with Crippen LogP contribution in [-0.4, -0.2) is 128 Å². The Balaban J connectivity index is 0.877. The predicted molar refractivity (Wildman–Crippen MR) is 290 cm³/mol. The standard InChI is InChI=1S/C59H74F2N10O7/c1-32(2)51(66-58(74)77-4)56(72)70-45-12-8-10-34(45)28-49(70)54-62-41-16-14-36(26-43(41)64-54)47-18-19-48(69(47)38-30-39(60)53(40(61)31-38)68-22-6-5-7-23-68)37-15-17-42-44(27-37)65-55(63-42)50-29-35-11-9-13-46(35)71(50)57(73)52(67(3)59(75)76)33-20-24-78-25-21-33/h14-17,26-27,30-35,45-52H,5-13,18-25,28-29H2,1-4H3,(H,62,64)(H,63,65)(H,66,74)(H,75,76)/t34-,35-,45-,46-,47+,48+,49-,50-,51-,52-/m0/s1. The van der Waals surface area contributed by atoms with Crippen LogP contribution in [0.5, 0.6) is 0 Å². The molecular weight excluding hydrogens is 999 g/mol. The molecule has 4 amide bonds. The lowest BCUT2D eigenvalue weighted by molar-refractivity contribution is -0.143. The minimum atomic E-state index is -1.13. The summed E-state index contributed by atoms with van der Waals surface area (Å²) in [6.45, 7) is 6.01. The van der Waals surface area contributed by atoms with Crippen molar-refractivity contribution in [3.63, 3.8) is 0 Å². The molecule has 12 rings (SSSR count). The number of imidazole rings is 2. The van der Waals surface area contributed by atoms with E-state index in [4.69, 9.17) is 19.4 Å². The number of hydrogen-bond acceptors (Lipinski definition) is 10. The van der Waals surface area contributed by atoms with Crippen LogP contribution in [0.4, 0.5) is 29.7 Å². The van der Waals surface area contributed by atoms with Gasteiger partial charge < -0.3 is 49.5 Å². The first-order valence-electron chi connectivity index (χ1n) is 28.8. The number of aromatic amines is 2. The molecule has 19 heteroatoms. The van der Waals surface area contributed by atoms with Crippen LogP contribution in [-0.2, 0) is 19.1 Å². The van der Waals surface area contributed by atoms with Crippen LogP contribution in [0, 0.1) is 35.3 Å². The number of anilines is 2. The molecule has 0 bridgehead atoms. The second-order valence-corrected chi connectivity index (χ2v) is 23.8. The largest absolute Gasteiger partial charge is 0.465 e. The Morgan fingerprint density at radius 2 is 1.26 bits per heavy atom. The number of carbonyl (C=O) groups is 4. The predicted octanol–water partition coefficient (Wildman–Crippen LogP) is 10.5. The van der Waals surface area contributed by atoms with Gasteiger partial charge in [-0.3, -0.25) is 14.5 Å². The Bertz CT molecular complexity index is 3060.